The van der Waals surface area contributed by atoms with E-state index < -0.39 is 0 Å². The van der Waals surface area contributed by atoms with Crippen LogP contribution in [0.1, 0.15) is 16.7 Å². The molecule has 0 saturated carbocycles. The quantitative estimate of drug-likeness (QED) is 0.417. The van der Waals surface area contributed by atoms with E-state index in [1.807, 2.05) is 12.1 Å². The highest BCUT2D eigenvalue weighted by Crippen LogP contribution is 2.35. The first-order valence-corrected chi connectivity index (χ1v) is 10.0. The lowest BCUT2D eigenvalue weighted by molar-refractivity contribution is -0.121. The summed E-state index contributed by atoms with van der Waals surface area (Å²) >= 11 is 4.44. The fourth-order valence-electron chi connectivity index (χ4n) is 2.66. The van der Waals surface area contributed by atoms with Gasteiger partial charge in [-0.2, -0.15) is 0 Å². The summed E-state index contributed by atoms with van der Waals surface area (Å²) in [7, 11) is 1.46. The van der Waals surface area contributed by atoms with Gasteiger partial charge in [0, 0.05) is 7.05 Å². The van der Waals surface area contributed by atoms with Crippen LogP contribution in [-0.2, 0) is 17.8 Å². The summed E-state index contributed by atoms with van der Waals surface area (Å²) in [6.07, 6.45) is 4.01. The molecule has 0 spiro atoms. The minimum atomic E-state index is -0.312. The third-order valence-electron chi connectivity index (χ3n) is 4.09. The molecule has 0 unspecified atom stereocenters. The third kappa shape index (κ3) is 4.54. The number of hydrogen-bond acceptors (Lipinski definition) is 4. The number of ether oxygens (including phenoxy) is 1. The van der Waals surface area contributed by atoms with E-state index >= 15 is 0 Å². The van der Waals surface area contributed by atoms with E-state index in [2.05, 4.69) is 22.5 Å². The predicted molar refractivity (Wildman–Crippen MR) is 113 cm³/mol. The van der Waals surface area contributed by atoms with Crippen molar-refractivity contribution < 1.29 is 18.7 Å². The lowest BCUT2D eigenvalue weighted by Gasteiger charge is -2.14. The average Bonchev–Trinajstić information content (AvgIpc) is 2.89. The molecule has 0 aliphatic carbocycles. The zero-order valence-corrected chi connectivity index (χ0v) is 17.5. The van der Waals surface area contributed by atoms with Gasteiger partial charge in [0.25, 0.3) is 11.1 Å². The van der Waals surface area contributed by atoms with Crippen LogP contribution in [-0.4, -0.2) is 23.1 Å². The summed E-state index contributed by atoms with van der Waals surface area (Å²) < 4.78 is 19.7. The third-order valence-corrected chi connectivity index (χ3v) is 5.64. The molecule has 1 heterocycles. The Morgan fingerprint density at radius 1 is 1.25 bits per heavy atom. The van der Waals surface area contributed by atoms with Gasteiger partial charge in [0.2, 0.25) is 0 Å². The molecule has 0 radical (unpaired) electrons. The summed E-state index contributed by atoms with van der Waals surface area (Å²) in [5.41, 5.74) is 2.50. The van der Waals surface area contributed by atoms with Gasteiger partial charge < -0.3 is 4.74 Å². The van der Waals surface area contributed by atoms with Gasteiger partial charge in [0.15, 0.2) is 0 Å². The van der Waals surface area contributed by atoms with Crippen molar-refractivity contribution in [2.45, 2.75) is 13.0 Å². The molecular formula is C21H17BrFNO3S. The van der Waals surface area contributed by atoms with Crippen LogP contribution in [0.15, 0.2) is 58.4 Å². The first kappa shape index (κ1) is 20.4. The number of carbonyl (C=O) groups excluding carboxylic acids is 2. The molecule has 28 heavy (non-hydrogen) atoms. The Kier molecular flexibility index (Phi) is 6.36. The van der Waals surface area contributed by atoms with Crippen molar-refractivity contribution in [3.8, 4) is 5.75 Å². The number of amides is 2. The summed E-state index contributed by atoms with van der Waals surface area (Å²) in [5, 5.41) is -0.291. The second kappa shape index (κ2) is 8.75. The summed E-state index contributed by atoms with van der Waals surface area (Å²) in [6, 6.07) is 9.86. The molecule has 144 valence electrons. The van der Waals surface area contributed by atoms with Gasteiger partial charge in [0.1, 0.15) is 18.2 Å². The van der Waals surface area contributed by atoms with Crippen molar-refractivity contribution in [2.75, 3.05) is 7.05 Å². The molecule has 2 aromatic rings. The van der Waals surface area contributed by atoms with Crippen LogP contribution < -0.4 is 4.74 Å². The second-order valence-electron chi connectivity index (χ2n) is 6.14. The van der Waals surface area contributed by atoms with Crippen molar-refractivity contribution in [1.29, 1.82) is 0 Å². The van der Waals surface area contributed by atoms with Crippen LogP contribution in [0.3, 0.4) is 0 Å². The van der Waals surface area contributed by atoms with Crippen LogP contribution in [0.2, 0.25) is 0 Å². The first-order valence-electron chi connectivity index (χ1n) is 8.41. The predicted octanol–water partition coefficient (Wildman–Crippen LogP) is 5.56. The topological polar surface area (TPSA) is 46.6 Å². The molecule has 0 bridgehead atoms. The number of carbonyl (C=O) groups is 2. The Morgan fingerprint density at radius 3 is 2.57 bits per heavy atom. The van der Waals surface area contributed by atoms with Crippen molar-refractivity contribution in [3.63, 3.8) is 0 Å². The van der Waals surface area contributed by atoms with Crippen molar-refractivity contribution >= 4 is 44.9 Å². The monoisotopic (exact) mass is 461 g/mol. The molecule has 0 atom stereocenters. The molecule has 1 fully saturated rings. The number of allylic oxidation sites excluding steroid dienone is 1. The Morgan fingerprint density at radius 2 is 1.96 bits per heavy atom. The fourth-order valence-corrected chi connectivity index (χ4v) is 4.12. The number of imide groups is 1. The second-order valence-corrected chi connectivity index (χ2v) is 7.99. The van der Waals surface area contributed by atoms with Gasteiger partial charge >= 0.3 is 0 Å². The number of likely N-dealkylation sites (N-methyl/N-ethyl adjacent to an activating group) is 1. The van der Waals surface area contributed by atoms with Crippen molar-refractivity contribution in [3.05, 3.63) is 80.9 Å². The highest BCUT2D eigenvalue weighted by molar-refractivity contribution is 9.10. The number of rotatable bonds is 6. The van der Waals surface area contributed by atoms with Crippen molar-refractivity contribution in [1.82, 2.24) is 4.90 Å². The standard InChI is InChI=1S/C21H17BrFNO3S/c1-3-4-15-9-14(11-18-20(25)24(2)21(26)28-18)10-17(22)19(15)27-12-13-5-7-16(23)8-6-13/h3,5-11H,1,4,12H2,2H3/b18-11-. The van der Waals surface area contributed by atoms with Gasteiger partial charge in [-0.3, -0.25) is 14.5 Å². The van der Waals surface area contributed by atoms with Crippen LogP contribution in [0, 0.1) is 5.82 Å². The maximum Gasteiger partial charge on any atom is 0.293 e. The van der Waals surface area contributed by atoms with E-state index in [4.69, 9.17) is 4.74 Å². The zero-order chi connectivity index (χ0) is 20.3. The van der Waals surface area contributed by atoms with E-state index in [0.717, 1.165) is 37.8 Å². The molecule has 1 aliphatic rings. The average molecular weight is 462 g/mol. The van der Waals surface area contributed by atoms with Gasteiger partial charge in [-0.1, -0.05) is 18.2 Å². The molecule has 0 N–H and O–H groups in total. The van der Waals surface area contributed by atoms with Gasteiger partial charge in [-0.15, -0.1) is 6.58 Å². The smallest absolute Gasteiger partial charge is 0.293 e. The van der Waals surface area contributed by atoms with Crippen molar-refractivity contribution in [2.24, 2.45) is 0 Å². The lowest BCUT2D eigenvalue weighted by atomic mass is 10.1. The lowest BCUT2D eigenvalue weighted by Crippen LogP contribution is -2.22. The van der Waals surface area contributed by atoms with Gasteiger partial charge in [0.05, 0.1) is 9.38 Å². The molecule has 0 aromatic heterocycles. The summed E-state index contributed by atoms with van der Waals surface area (Å²) in [4.78, 5) is 25.3. The molecule has 1 saturated heterocycles. The van der Waals surface area contributed by atoms with E-state index in [1.54, 1.807) is 24.3 Å². The Hall–Kier alpha value is -2.38. The van der Waals surface area contributed by atoms with E-state index in [-0.39, 0.29) is 23.6 Å². The van der Waals surface area contributed by atoms with Crippen LogP contribution in [0.4, 0.5) is 9.18 Å². The number of hydrogen-bond donors (Lipinski definition) is 0. The molecule has 7 heteroatoms. The molecule has 2 amide bonds. The SMILES string of the molecule is C=CCc1cc(/C=C2\SC(=O)N(C)C2=O)cc(Br)c1OCc1ccc(F)cc1. The molecule has 2 aromatic carbocycles. The number of nitrogens with zero attached hydrogens (tertiary/aromatic N) is 1. The normalized spacial score (nSPS) is 15.4. The highest BCUT2D eigenvalue weighted by Gasteiger charge is 2.31. The van der Waals surface area contributed by atoms with E-state index in [0.29, 0.717) is 17.1 Å². The van der Waals surface area contributed by atoms with Crippen LogP contribution >= 0.6 is 27.7 Å². The number of halogens is 2. The maximum atomic E-state index is 13.1. The highest BCUT2D eigenvalue weighted by atomic mass is 79.9. The summed E-state index contributed by atoms with van der Waals surface area (Å²) in [6.45, 7) is 4.07. The summed E-state index contributed by atoms with van der Waals surface area (Å²) in [5.74, 6) is 0.0520. The van der Waals surface area contributed by atoms with E-state index in [1.165, 1.54) is 19.2 Å². The Balaban J connectivity index is 1.87. The minimum Gasteiger partial charge on any atom is -0.487 e. The Labute approximate surface area is 175 Å². The maximum absolute atomic E-state index is 13.1. The molecule has 3 rings (SSSR count). The van der Waals surface area contributed by atoms with Gasteiger partial charge in [-0.25, -0.2) is 4.39 Å². The molecular weight excluding hydrogens is 445 g/mol. The Bertz CT molecular complexity index is 972. The number of benzene rings is 2. The molecule has 1 aliphatic heterocycles. The van der Waals surface area contributed by atoms with Crippen LogP contribution in [0.5, 0.6) is 5.75 Å². The largest absolute Gasteiger partial charge is 0.487 e. The van der Waals surface area contributed by atoms with Gasteiger partial charge in [-0.05, 0) is 81.1 Å². The zero-order valence-electron chi connectivity index (χ0n) is 15.1. The number of thioether (sulfide) groups is 1. The first-order chi connectivity index (χ1) is 13.4. The minimum absolute atomic E-state index is 0.289. The fraction of sp³-hybridized carbons (Fsp3) is 0.143. The molecule has 4 nitrogen and oxygen atoms in total. The van der Waals surface area contributed by atoms with Crippen LogP contribution in [0.25, 0.3) is 6.08 Å². The van der Waals surface area contributed by atoms with E-state index in [9.17, 15) is 14.0 Å².